The van der Waals surface area contributed by atoms with Crippen LogP contribution in [0.1, 0.15) is 16.7 Å². The molecule has 0 radical (unpaired) electrons. The quantitative estimate of drug-likeness (QED) is 0.526. The zero-order valence-electron chi connectivity index (χ0n) is 14.1. The zero-order chi connectivity index (χ0) is 17.8. The predicted molar refractivity (Wildman–Crippen MR) is 93.7 cm³/mol. The van der Waals surface area contributed by atoms with Gasteiger partial charge in [0.2, 0.25) is 0 Å². The SMILES string of the molecule is Cc1cc(=O)oc2c(C)c(OCC(=O)OCc3ccccc3)ccc12. The van der Waals surface area contributed by atoms with Crippen LogP contribution in [0.3, 0.4) is 0 Å². The van der Waals surface area contributed by atoms with Crippen molar-refractivity contribution in [1.82, 2.24) is 0 Å². The molecule has 5 nitrogen and oxygen atoms in total. The molecule has 0 saturated heterocycles. The molecule has 5 heteroatoms. The second kappa shape index (κ2) is 7.21. The van der Waals surface area contributed by atoms with Crippen LogP contribution in [0.4, 0.5) is 0 Å². The Hall–Kier alpha value is -3.08. The van der Waals surface area contributed by atoms with Gasteiger partial charge in [-0.15, -0.1) is 0 Å². The summed E-state index contributed by atoms with van der Waals surface area (Å²) in [6, 6.07) is 14.4. The first-order chi connectivity index (χ1) is 12.0. The van der Waals surface area contributed by atoms with Crippen LogP contribution < -0.4 is 10.4 Å². The Labute approximate surface area is 144 Å². The van der Waals surface area contributed by atoms with Gasteiger partial charge in [-0.2, -0.15) is 0 Å². The summed E-state index contributed by atoms with van der Waals surface area (Å²) in [7, 11) is 0. The van der Waals surface area contributed by atoms with Crippen LogP contribution in [-0.2, 0) is 16.1 Å². The fourth-order valence-corrected chi connectivity index (χ4v) is 2.57. The molecule has 3 rings (SSSR count). The van der Waals surface area contributed by atoms with Crippen molar-refractivity contribution in [2.45, 2.75) is 20.5 Å². The molecule has 0 atom stereocenters. The molecule has 0 aliphatic heterocycles. The minimum Gasteiger partial charge on any atom is -0.481 e. The van der Waals surface area contributed by atoms with Gasteiger partial charge in [0.25, 0.3) is 0 Å². The molecule has 0 fully saturated rings. The minimum atomic E-state index is -0.464. The molecule has 1 aromatic heterocycles. The molecule has 128 valence electrons. The van der Waals surface area contributed by atoms with Crippen molar-refractivity contribution in [3.8, 4) is 5.75 Å². The largest absolute Gasteiger partial charge is 0.481 e. The van der Waals surface area contributed by atoms with Crippen molar-refractivity contribution in [3.63, 3.8) is 0 Å². The molecule has 3 aromatic rings. The normalized spacial score (nSPS) is 10.6. The first-order valence-electron chi connectivity index (χ1n) is 7.91. The molecule has 0 bridgehead atoms. The third kappa shape index (κ3) is 3.88. The maximum atomic E-state index is 11.9. The van der Waals surface area contributed by atoms with Gasteiger partial charge in [0.1, 0.15) is 17.9 Å². The van der Waals surface area contributed by atoms with E-state index in [1.54, 1.807) is 13.0 Å². The maximum Gasteiger partial charge on any atom is 0.344 e. The molecule has 0 N–H and O–H groups in total. The van der Waals surface area contributed by atoms with Gasteiger partial charge < -0.3 is 13.9 Å². The van der Waals surface area contributed by atoms with E-state index in [2.05, 4.69) is 0 Å². The second-order valence-electron chi connectivity index (χ2n) is 5.75. The third-order valence-electron chi connectivity index (χ3n) is 3.91. The van der Waals surface area contributed by atoms with Gasteiger partial charge in [0, 0.05) is 17.0 Å². The van der Waals surface area contributed by atoms with E-state index >= 15 is 0 Å². The van der Waals surface area contributed by atoms with E-state index < -0.39 is 11.6 Å². The minimum absolute atomic E-state index is 0.202. The van der Waals surface area contributed by atoms with Crippen molar-refractivity contribution >= 4 is 16.9 Å². The Bertz CT molecular complexity index is 957. The lowest BCUT2D eigenvalue weighted by Crippen LogP contribution is -2.15. The monoisotopic (exact) mass is 338 g/mol. The van der Waals surface area contributed by atoms with Crippen molar-refractivity contribution in [2.24, 2.45) is 0 Å². The van der Waals surface area contributed by atoms with Crippen LogP contribution in [-0.4, -0.2) is 12.6 Å². The van der Waals surface area contributed by atoms with Crippen LogP contribution >= 0.6 is 0 Å². The summed E-state index contributed by atoms with van der Waals surface area (Å²) in [4.78, 5) is 23.4. The lowest BCUT2D eigenvalue weighted by molar-refractivity contribution is -0.147. The number of ether oxygens (including phenoxy) is 2. The average molecular weight is 338 g/mol. The van der Waals surface area contributed by atoms with E-state index in [1.807, 2.05) is 43.3 Å². The number of benzene rings is 2. The number of hydrogen-bond acceptors (Lipinski definition) is 5. The fraction of sp³-hybridized carbons (Fsp3) is 0.200. The van der Waals surface area contributed by atoms with E-state index in [0.717, 1.165) is 16.5 Å². The Morgan fingerprint density at radius 1 is 1.08 bits per heavy atom. The number of aryl methyl sites for hydroxylation is 2. The van der Waals surface area contributed by atoms with Gasteiger partial charge in [-0.25, -0.2) is 9.59 Å². The summed E-state index contributed by atoms with van der Waals surface area (Å²) < 4.78 is 16.0. The van der Waals surface area contributed by atoms with Crippen molar-refractivity contribution < 1.29 is 18.7 Å². The second-order valence-corrected chi connectivity index (χ2v) is 5.75. The third-order valence-corrected chi connectivity index (χ3v) is 3.91. The Morgan fingerprint density at radius 2 is 1.84 bits per heavy atom. The summed E-state index contributed by atoms with van der Waals surface area (Å²) in [5.41, 5.74) is 2.49. The van der Waals surface area contributed by atoms with E-state index in [1.165, 1.54) is 6.07 Å². The number of esters is 1. The van der Waals surface area contributed by atoms with Crippen LogP contribution in [0, 0.1) is 13.8 Å². The molecule has 0 amide bonds. The molecule has 25 heavy (non-hydrogen) atoms. The molecule has 0 aliphatic carbocycles. The van der Waals surface area contributed by atoms with Crippen molar-refractivity contribution in [2.75, 3.05) is 6.61 Å². The number of rotatable bonds is 5. The molecule has 0 aliphatic rings. The number of hydrogen-bond donors (Lipinski definition) is 0. The van der Waals surface area contributed by atoms with E-state index in [9.17, 15) is 9.59 Å². The molecule has 0 unspecified atom stereocenters. The first-order valence-corrected chi connectivity index (χ1v) is 7.91. The van der Waals surface area contributed by atoms with Crippen LogP contribution in [0.2, 0.25) is 0 Å². The topological polar surface area (TPSA) is 65.7 Å². The van der Waals surface area contributed by atoms with Crippen LogP contribution in [0.25, 0.3) is 11.0 Å². The summed E-state index contributed by atoms with van der Waals surface area (Å²) in [5, 5.41) is 0.844. The maximum absolute atomic E-state index is 11.9. The summed E-state index contributed by atoms with van der Waals surface area (Å²) >= 11 is 0. The Morgan fingerprint density at radius 3 is 2.60 bits per heavy atom. The molecular weight excluding hydrogens is 320 g/mol. The first kappa shape index (κ1) is 16.8. The van der Waals surface area contributed by atoms with E-state index in [0.29, 0.717) is 16.9 Å². The molecule has 1 heterocycles. The standard InChI is InChI=1S/C20H18O5/c1-13-10-18(21)25-20-14(2)17(9-8-16(13)20)23-12-19(22)24-11-15-6-4-3-5-7-15/h3-10H,11-12H2,1-2H3. The van der Waals surface area contributed by atoms with Gasteiger partial charge >= 0.3 is 11.6 Å². The van der Waals surface area contributed by atoms with Crippen molar-refractivity contribution in [3.05, 3.63) is 75.6 Å². The lowest BCUT2D eigenvalue weighted by atomic mass is 10.1. The summed E-state index contributed by atoms with van der Waals surface area (Å²) in [6.45, 7) is 3.62. The smallest absolute Gasteiger partial charge is 0.344 e. The average Bonchev–Trinajstić information content (AvgIpc) is 2.61. The Balaban J connectivity index is 1.68. The Kier molecular flexibility index (Phi) is 4.84. The van der Waals surface area contributed by atoms with Crippen LogP contribution in [0.15, 0.2) is 57.7 Å². The van der Waals surface area contributed by atoms with Crippen molar-refractivity contribution in [1.29, 1.82) is 0 Å². The highest BCUT2D eigenvalue weighted by Gasteiger charge is 2.12. The van der Waals surface area contributed by atoms with Gasteiger partial charge in [-0.05, 0) is 37.1 Å². The highest BCUT2D eigenvalue weighted by atomic mass is 16.6. The van der Waals surface area contributed by atoms with Crippen LogP contribution in [0.5, 0.6) is 5.75 Å². The van der Waals surface area contributed by atoms with Gasteiger partial charge in [0.15, 0.2) is 6.61 Å². The molecule has 2 aromatic carbocycles. The van der Waals surface area contributed by atoms with Gasteiger partial charge in [-0.1, -0.05) is 30.3 Å². The predicted octanol–water partition coefficient (Wildman–Crippen LogP) is 3.53. The van der Waals surface area contributed by atoms with Gasteiger partial charge in [-0.3, -0.25) is 0 Å². The molecule has 0 spiro atoms. The highest BCUT2D eigenvalue weighted by Crippen LogP contribution is 2.28. The zero-order valence-corrected chi connectivity index (χ0v) is 14.1. The van der Waals surface area contributed by atoms with Gasteiger partial charge in [0.05, 0.1) is 0 Å². The molecule has 0 saturated carbocycles. The highest BCUT2D eigenvalue weighted by molar-refractivity contribution is 5.84. The summed E-state index contributed by atoms with van der Waals surface area (Å²) in [5.74, 6) is 0.0203. The molecular formula is C20H18O5. The number of carbonyl (C=O) groups excluding carboxylic acids is 1. The van der Waals surface area contributed by atoms with E-state index in [-0.39, 0.29) is 13.2 Å². The fourth-order valence-electron chi connectivity index (χ4n) is 2.57. The lowest BCUT2D eigenvalue weighted by Gasteiger charge is -2.11. The van der Waals surface area contributed by atoms with E-state index in [4.69, 9.17) is 13.9 Å². The number of fused-ring (bicyclic) bond motifs is 1. The summed E-state index contributed by atoms with van der Waals surface area (Å²) in [6.07, 6.45) is 0. The number of carbonyl (C=O) groups is 1.